The van der Waals surface area contributed by atoms with Gasteiger partial charge in [0, 0.05) is 57.8 Å². The van der Waals surface area contributed by atoms with Crippen LogP contribution in [0.3, 0.4) is 0 Å². The summed E-state index contributed by atoms with van der Waals surface area (Å²) < 4.78 is 0. The minimum Gasteiger partial charge on any atom is -0.354 e. The topological polar surface area (TPSA) is 48.5 Å². The Morgan fingerprint density at radius 1 is 1.17 bits per heavy atom. The molecule has 3 aliphatic rings. The molecule has 0 bridgehead atoms. The summed E-state index contributed by atoms with van der Waals surface area (Å²) in [5.74, 6) is 2.08. The second-order valence-corrected chi connectivity index (χ2v) is 7.43. The molecule has 1 saturated carbocycles. The molecule has 5 nitrogen and oxygen atoms in total. The Kier molecular flexibility index (Phi) is 4.69. The number of nitrogens with one attached hydrogen (secondary N) is 1. The van der Waals surface area contributed by atoms with Crippen LogP contribution in [-0.4, -0.2) is 48.5 Å². The van der Waals surface area contributed by atoms with Gasteiger partial charge in [0.1, 0.15) is 5.82 Å². The van der Waals surface area contributed by atoms with Crippen molar-refractivity contribution in [3.8, 4) is 0 Å². The Balaban J connectivity index is 1.40. The Morgan fingerprint density at radius 3 is 2.75 bits per heavy atom. The molecule has 1 aromatic rings. The summed E-state index contributed by atoms with van der Waals surface area (Å²) in [4.78, 5) is 21.9. The van der Waals surface area contributed by atoms with Crippen molar-refractivity contribution in [2.75, 3.05) is 37.6 Å². The van der Waals surface area contributed by atoms with Crippen LogP contribution in [0.2, 0.25) is 0 Å². The molecule has 0 spiro atoms. The SMILES string of the molecule is O=C(CC1CCCC1)N1CCc2nc(N3CCNCC3)ccc2C1. The molecular formula is C19H28N4O. The maximum atomic E-state index is 12.6. The molecule has 2 aliphatic heterocycles. The van der Waals surface area contributed by atoms with Crippen molar-refractivity contribution < 1.29 is 4.79 Å². The average molecular weight is 328 g/mol. The van der Waals surface area contributed by atoms with Gasteiger partial charge in [0.05, 0.1) is 0 Å². The van der Waals surface area contributed by atoms with Crippen LogP contribution in [0.1, 0.15) is 43.4 Å². The van der Waals surface area contributed by atoms with Crippen LogP contribution in [0.15, 0.2) is 12.1 Å². The number of carbonyl (C=O) groups is 1. The Morgan fingerprint density at radius 2 is 1.96 bits per heavy atom. The van der Waals surface area contributed by atoms with E-state index in [1.807, 2.05) is 4.90 Å². The summed E-state index contributed by atoms with van der Waals surface area (Å²) in [5, 5.41) is 3.38. The summed E-state index contributed by atoms with van der Waals surface area (Å²) in [6.45, 7) is 5.69. The minimum absolute atomic E-state index is 0.346. The van der Waals surface area contributed by atoms with Crippen molar-refractivity contribution in [2.24, 2.45) is 5.92 Å². The summed E-state index contributed by atoms with van der Waals surface area (Å²) in [5.41, 5.74) is 2.43. The van der Waals surface area contributed by atoms with Gasteiger partial charge in [-0.1, -0.05) is 18.9 Å². The summed E-state index contributed by atoms with van der Waals surface area (Å²) >= 11 is 0. The highest BCUT2D eigenvalue weighted by Gasteiger charge is 2.26. The first-order chi connectivity index (χ1) is 11.8. The van der Waals surface area contributed by atoms with E-state index in [4.69, 9.17) is 4.98 Å². The number of piperazine rings is 1. The van der Waals surface area contributed by atoms with Gasteiger partial charge in [-0.25, -0.2) is 4.98 Å². The lowest BCUT2D eigenvalue weighted by molar-refractivity contribution is -0.133. The van der Waals surface area contributed by atoms with Gasteiger partial charge in [-0.2, -0.15) is 0 Å². The quantitative estimate of drug-likeness (QED) is 0.921. The fourth-order valence-corrected chi connectivity index (χ4v) is 4.28. The highest BCUT2D eigenvalue weighted by Crippen LogP contribution is 2.29. The fourth-order valence-electron chi connectivity index (χ4n) is 4.28. The smallest absolute Gasteiger partial charge is 0.223 e. The number of nitrogens with zero attached hydrogens (tertiary/aromatic N) is 3. The van der Waals surface area contributed by atoms with E-state index < -0.39 is 0 Å². The van der Waals surface area contributed by atoms with Crippen LogP contribution in [0.5, 0.6) is 0 Å². The first-order valence-electron chi connectivity index (χ1n) is 9.52. The second kappa shape index (κ2) is 7.09. The van der Waals surface area contributed by atoms with Crippen LogP contribution in [0.4, 0.5) is 5.82 Å². The molecule has 1 aromatic heterocycles. The molecule has 1 aliphatic carbocycles. The van der Waals surface area contributed by atoms with Crippen molar-refractivity contribution in [1.82, 2.24) is 15.2 Å². The zero-order valence-corrected chi connectivity index (χ0v) is 14.5. The van der Waals surface area contributed by atoms with Crippen molar-refractivity contribution in [3.63, 3.8) is 0 Å². The molecule has 0 aromatic carbocycles. The number of hydrogen-bond donors (Lipinski definition) is 1. The number of fused-ring (bicyclic) bond motifs is 1. The largest absolute Gasteiger partial charge is 0.354 e. The second-order valence-electron chi connectivity index (χ2n) is 7.43. The van der Waals surface area contributed by atoms with Crippen LogP contribution >= 0.6 is 0 Å². The fraction of sp³-hybridized carbons (Fsp3) is 0.684. The minimum atomic E-state index is 0.346. The highest BCUT2D eigenvalue weighted by molar-refractivity contribution is 5.76. The van der Waals surface area contributed by atoms with E-state index in [1.165, 1.54) is 36.9 Å². The normalized spacial score (nSPS) is 21.8. The van der Waals surface area contributed by atoms with Crippen LogP contribution in [0, 0.1) is 5.92 Å². The van der Waals surface area contributed by atoms with Crippen molar-refractivity contribution in [2.45, 2.75) is 45.1 Å². The molecule has 130 valence electrons. The van der Waals surface area contributed by atoms with Gasteiger partial charge in [0.2, 0.25) is 5.91 Å². The molecule has 1 amide bonds. The molecule has 4 rings (SSSR count). The third-order valence-electron chi connectivity index (χ3n) is 5.77. The highest BCUT2D eigenvalue weighted by atomic mass is 16.2. The summed E-state index contributed by atoms with van der Waals surface area (Å²) in [7, 11) is 0. The molecule has 0 atom stereocenters. The lowest BCUT2D eigenvalue weighted by Gasteiger charge is -2.32. The monoisotopic (exact) mass is 328 g/mol. The molecule has 0 unspecified atom stereocenters. The van der Waals surface area contributed by atoms with Crippen molar-refractivity contribution in [1.29, 1.82) is 0 Å². The first kappa shape index (κ1) is 15.9. The number of pyridine rings is 1. The number of anilines is 1. The van der Waals surface area contributed by atoms with Gasteiger partial charge in [0.25, 0.3) is 0 Å². The van der Waals surface area contributed by atoms with E-state index in [1.54, 1.807) is 0 Å². The maximum absolute atomic E-state index is 12.6. The number of aromatic nitrogens is 1. The van der Waals surface area contributed by atoms with Gasteiger partial charge in [-0.3, -0.25) is 4.79 Å². The molecule has 1 saturated heterocycles. The molecule has 0 radical (unpaired) electrons. The standard InChI is InChI=1S/C19H28N4O/c24-19(13-15-3-1-2-4-15)23-10-7-17-16(14-23)5-6-18(21-17)22-11-8-20-9-12-22/h5-6,15,20H,1-4,7-14H2. The number of amides is 1. The van der Waals surface area contributed by atoms with Crippen molar-refractivity contribution >= 4 is 11.7 Å². The third kappa shape index (κ3) is 3.41. The van der Waals surface area contributed by atoms with Gasteiger partial charge in [0.15, 0.2) is 0 Å². The molecule has 3 heterocycles. The van der Waals surface area contributed by atoms with E-state index in [9.17, 15) is 4.79 Å². The number of carbonyl (C=O) groups excluding carboxylic acids is 1. The zero-order chi connectivity index (χ0) is 16.4. The van der Waals surface area contributed by atoms with E-state index in [0.717, 1.165) is 57.9 Å². The lowest BCUT2D eigenvalue weighted by atomic mass is 10.0. The van der Waals surface area contributed by atoms with E-state index in [2.05, 4.69) is 22.3 Å². The van der Waals surface area contributed by atoms with Crippen molar-refractivity contribution in [3.05, 3.63) is 23.4 Å². The molecule has 1 N–H and O–H groups in total. The third-order valence-corrected chi connectivity index (χ3v) is 5.77. The van der Waals surface area contributed by atoms with Gasteiger partial charge in [-0.15, -0.1) is 0 Å². The number of rotatable bonds is 3. The van der Waals surface area contributed by atoms with Crippen LogP contribution in [-0.2, 0) is 17.8 Å². The van der Waals surface area contributed by atoms with E-state index in [-0.39, 0.29) is 0 Å². The van der Waals surface area contributed by atoms with Gasteiger partial charge >= 0.3 is 0 Å². The average Bonchev–Trinajstić information content (AvgIpc) is 3.14. The first-order valence-corrected chi connectivity index (χ1v) is 9.52. The summed E-state index contributed by atoms with van der Waals surface area (Å²) in [6, 6.07) is 4.32. The zero-order valence-electron chi connectivity index (χ0n) is 14.5. The van der Waals surface area contributed by atoms with Gasteiger partial charge in [-0.05, 0) is 30.4 Å². The maximum Gasteiger partial charge on any atom is 0.223 e. The van der Waals surface area contributed by atoms with Crippen LogP contribution < -0.4 is 10.2 Å². The molecule has 5 heteroatoms. The molecular weight excluding hydrogens is 300 g/mol. The molecule has 2 fully saturated rings. The Labute approximate surface area is 144 Å². The Bertz CT molecular complexity index is 591. The predicted octanol–water partition coefficient (Wildman–Crippen LogP) is 1.96. The van der Waals surface area contributed by atoms with Gasteiger partial charge < -0.3 is 15.1 Å². The van der Waals surface area contributed by atoms with E-state index >= 15 is 0 Å². The number of hydrogen-bond acceptors (Lipinski definition) is 4. The van der Waals surface area contributed by atoms with Crippen LogP contribution in [0.25, 0.3) is 0 Å². The van der Waals surface area contributed by atoms with E-state index in [0.29, 0.717) is 11.8 Å². The Hall–Kier alpha value is -1.62. The predicted molar refractivity (Wildman–Crippen MR) is 95.0 cm³/mol. The lowest BCUT2D eigenvalue weighted by Crippen LogP contribution is -2.44. The molecule has 24 heavy (non-hydrogen) atoms. The summed E-state index contributed by atoms with van der Waals surface area (Å²) in [6.07, 6.45) is 6.74.